The summed E-state index contributed by atoms with van der Waals surface area (Å²) in [4.78, 5) is 8.69. The van der Waals surface area contributed by atoms with Crippen molar-refractivity contribution >= 4 is 16.5 Å². The molecule has 2 fully saturated rings. The third-order valence-corrected chi connectivity index (χ3v) is 5.43. The van der Waals surface area contributed by atoms with Gasteiger partial charge in [-0.05, 0) is 38.5 Å². The molecule has 0 aromatic carbocycles. The van der Waals surface area contributed by atoms with Crippen LogP contribution < -0.4 is 10.6 Å². The normalized spacial score (nSPS) is 23.4. The van der Waals surface area contributed by atoms with Gasteiger partial charge in [0.2, 0.25) is 0 Å². The molecular weight excluding hydrogens is 242 g/mol. The number of thiazole rings is 1. The zero-order valence-electron chi connectivity index (χ0n) is 11.4. The monoisotopic (exact) mass is 265 g/mol. The molecular formula is C14H23N3S. The molecule has 0 bridgehead atoms. The molecule has 2 heterocycles. The molecule has 2 aliphatic rings. The number of hydrogen-bond donors (Lipinski definition) is 1. The molecule has 1 aromatic heterocycles. The summed E-state index contributed by atoms with van der Waals surface area (Å²) in [6.07, 6.45) is 5.21. The molecule has 1 saturated heterocycles. The fourth-order valence-corrected chi connectivity index (χ4v) is 3.80. The lowest BCUT2D eigenvalue weighted by Crippen LogP contribution is -2.32. The minimum atomic E-state index is 0.135. The van der Waals surface area contributed by atoms with Crippen molar-refractivity contribution in [3.63, 3.8) is 0 Å². The van der Waals surface area contributed by atoms with Crippen molar-refractivity contribution in [3.8, 4) is 0 Å². The lowest BCUT2D eigenvalue weighted by atomic mass is 10.00. The molecule has 3 nitrogen and oxygen atoms in total. The Morgan fingerprint density at radius 1 is 1.28 bits per heavy atom. The van der Waals surface area contributed by atoms with Crippen LogP contribution in [0.25, 0.3) is 0 Å². The number of piperidine rings is 1. The van der Waals surface area contributed by atoms with Crippen molar-refractivity contribution in [2.75, 3.05) is 18.0 Å². The van der Waals surface area contributed by atoms with Gasteiger partial charge in [0.15, 0.2) is 5.13 Å². The molecule has 1 aliphatic carbocycles. The maximum atomic E-state index is 6.10. The van der Waals surface area contributed by atoms with Crippen LogP contribution in [-0.2, 0) is 0 Å². The van der Waals surface area contributed by atoms with Crippen LogP contribution >= 0.6 is 11.3 Å². The highest BCUT2D eigenvalue weighted by molar-refractivity contribution is 7.15. The van der Waals surface area contributed by atoms with Gasteiger partial charge in [-0.15, -0.1) is 0 Å². The quantitative estimate of drug-likeness (QED) is 0.912. The molecule has 2 N–H and O–H groups in total. The lowest BCUT2D eigenvalue weighted by Gasteiger charge is -2.29. The van der Waals surface area contributed by atoms with E-state index in [-0.39, 0.29) is 6.04 Å². The highest BCUT2D eigenvalue weighted by Crippen LogP contribution is 2.45. The largest absolute Gasteiger partial charge is 0.348 e. The van der Waals surface area contributed by atoms with Crippen LogP contribution in [0.1, 0.15) is 62.1 Å². The van der Waals surface area contributed by atoms with Gasteiger partial charge in [0.25, 0.3) is 0 Å². The smallest absolute Gasteiger partial charge is 0.185 e. The molecule has 1 saturated carbocycles. The van der Waals surface area contributed by atoms with Crippen molar-refractivity contribution in [1.82, 2.24) is 4.98 Å². The summed E-state index contributed by atoms with van der Waals surface area (Å²) in [5.41, 5.74) is 7.41. The van der Waals surface area contributed by atoms with E-state index in [1.54, 1.807) is 0 Å². The van der Waals surface area contributed by atoms with Gasteiger partial charge < -0.3 is 10.6 Å². The van der Waals surface area contributed by atoms with Gasteiger partial charge >= 0.3 is 0 Å². The molecule has 4 heteroatoms. The van der Waals surface area contributed by atoms with E-state index in [1.165, 1.54) is 41.4 Å². The van der Waals surface area contributed by atoms with Crippen LogP contribution in [0.2, 0.25) is 0 Å². The van der Waals surface area contributed by atoms with E-state index in [0.29, 0.717) is 5.92 Å². The van der Waals surface area contributed by atoms with E-state index in [9.17, 15) is 0 Å². The van der Waals surface area contributed by atoms with Gasteiger partial charge in [-0.2, -0.15) is 0 Å². The van der Waals surface area contributed by atoms with Gasteiger partial charge in [0.05, 0.1) is 5.69 Å². The molecule has 0 spiro atoms. The Morgan fingerprint density at radius 2 is 1.94 bits per heavy atom. The summed E-state index contributed by atoms with van der Waals surface area (Å²) >= 11 is 1.83. The Bertz CT molecular complexity index is 395. The second kappa shape index (κ2) is 4.82. The van der Waals surface area contributed by atoms with Gasteiger partial charge in [-0.25, -0.2) is 4.98 Å². The van der Waals surface area contributed by atoms with Crippen molar-refractivity contribution < 1.29 is 0 Å². The number of nitrogens with zero attached hydrogens (tertiary/aromatic N) is 2. The van der Waals surface area contributed by atoms with E-state index in [4.69, 9.17) is 10.7 Å². The Labute approximate surface area is 113 Å². The summed E-state index contributed by atoms with van der Waals surface area (Å²) in [7, 11) is 0. The second-order valence-corrected chi connectivity index (χ2v) is 6.99. The number of hydrogen-bond acceptors (Lipinski definition) is 4. The zero-order valence-corrected chi connectivity index (χ0v) is 12.2. The first-order valence-corrected chi connectivity index (χ1v) is 7.98. The third kappa shape index (κ3) is 2.41. The van der Waals surface area contributed by atoms with E-state index < -0.39 is 0 Å². The average molecular weight is 265 g/mol. The number of rotatable bonds is 3. The molecule has 100 valence electrons. The second-order valence-electron chi connectivity index (χ2n) is 5.98. The van der Waals surface area contributed by atoms with Crippen molar-refractivity contribution in [3.05, 3.63) is 10.6 Å². The minimum Gasteiger partial charge on any atom is -0.348 e. The van der Waals surface area contributed by atoms with E-state index in [0.717, 1.165) is 19.0 Å². The number of anilines is 1. The topological polar surface area (TPSA) is 42.2 Å². The Balaban J connectivity index is 1.81. The Hall–Kier alpha value is -0.610. The molecule has 1 aromatic rings. The third-order valence-electron chi connectivity index (χ3n) is 4.10. The fraction of sp³-hybridized carbons (Fsp3) is 0.786. The predicted molar refractivity (Wildman–Crippen MR) is 77.3 cm³/mol. The molecule has 0 radical (unpaired) electrons. The summed E-state index contributed by atoms with van der Waals surface area (Å²) in [5.74, 6) is 1.58. The molecule has 1 aliphatic heterocycles. The summed E-state index contributed by atoms with van der Waals surface area (Å²) in [6, 6.07) is 0.135. The van der Waals surface area contributed by atoms with Crippen LogP contribution in [0.3, 0.4) is 0 Å². The van der Waals surface area contributed by atoms with Gasteiger partial charge in [-0.1, -0.05) is 18.3 Å². The summed E-state index contributed by atoms with van der Waals surface area (Å²) in [5, 5.41) is 1.22. The fourth-order valence-electron chi connectivity index (χ4n) is 2.64. The van der Waals surface area contributed by atoms with E-state index >= 15 is 0 Å². The molecule has 1 unspecified atom stereocenters. The number of nitrogens with two attached hydrogens (primary N) is 1. The number of aromatic nitrogens is 1. The molecule has 1 atom stereocenters. The van der Waals surface area contributed by atoms with Gasteiger partial charge in [0.1, 0.15) is 0 Å². The predicted octanol–water partition coefficient (Wildman–Crippen LogP) is 3.28. The van der Waals surface area contributed by atoms with Crippen LogP contribution in [0.5, 0.6) is 0 Å². The first kappa shape index (κ1) is 12.4. The SMILES string of the molecule is CC1CCN(c2nc(C3CC3)c(C(C)N)s2)CC1. The molecule has 3 rings (SSSR count). The highest BCUT2D eigenvalue weighted by Gasteiger charge is 2.32. The molecule has 18 heavy (non-hydrogen) atoms. The van der Waals surface area contributed by atoms with Crippen LogP contribution in [0.15, 0.2) is 0 Å². The first-order valence-electron chi connectivity index (χ1n) is 7.16. The minimum absolute atomic E-state index is 0.135. The van der Waals surface area contributed by atoms with Crippen LogP contribution in [0, 0.1) is 5.92 Å². The van der Waals surface area contributed by atoms with Crippen molar-refractivity contribution in [1.29, 1.82) is 0 Å². The molecule has 0 amide bonds. The lowest BCUT2D eigenvalue weighted by molar-refractivity contribution is 0.438. The summed E-state index contributed by atoms with van der Waals surface area (Å²) in [6.45, 7) is 6.76. The van der Waals surface area contributed by atoms with Crippen molar-refractivity contribution in [2.24, 2.45) is 11.7 Å². The van der Waals surface area contributed by atoms with Gasteiger partial charge in [-0.3, -0.25) is 0 Å². The summed E-state index contributed by atoms with van der Waals surface area (Å²) < 4.78 is 0. The van der Waals surface area contributed by atoms with E-state index in [1.807, 2.05) is 11.3 Å². The van der Waals surface area contributed by atoms with Crippen molar-refractivity contribution in [2.45, 2.75) is 51.5 Å². The maximum Gasteiger partial charge on any atom is 0.185 e. The zero-order chi connectivity index (χ0) is 12.7. The Kier molecular flexibility index (Phi) is 3.32. The standard InChI is InChI=1S/C14H23N3S/c1-9-5-7-17(8-6-9)14-16-12(11-3-4-11)13(18-14)10(2)15/h9-11H,3-8,15H2,1-2H3. The maximum absolute atomic E-state index is 6.10. The average Bonchev–Trinajstić information content (AvgIpc) is 3.09. The first-order chi connectivity index (χ1) is 8.65. The van der Waals surface area contributed by atoms with E-state index in [2.05, 4.69) is 18.7 Å². The highest BCUT2D eigenvalue weighted by atomic mass is 32.1. The Morgan fingerprint density at radius 3 is 2.50 bits per heavy atom. The van der Waals surface area contributed by atoms with Crippen LogP contribution in [0.4, 0.5) is 5.13 Å². The van der Waals surface area contributed by atoms with Crippen LogP contribution in [-0.4, -0.2) is 18.1 Å². The van der Waals surface area contributed by atoms with Gasteiger partial charge in [0, 0.05) is 29.9 Å².